The molecular weight excluding hydrogens is 328 g/mol. The predicted molar refractivity (Wildman–Crippen MR) is 101 cm³/mol. The highest BCUT2D eigenvalue weighted by atomic mass is 16.2. The Morgan fingerprint density at radius 2 is 1.77 bits per heavy atom. The third-order valence-electron chi connectivity index (χ3n) is 5.12. The molecule has 2 aromatic rings. The molecule has 1 N–H and O–H groups in total. The summed E-state index contributed by atoms with van der Waals surface area (Å²) in [6.45, 7) is 0. The third kappa shape index (κ3) is 4.12. The second-order valence-electron chi connectivity index (χ2n) is 6.95. The predicted octanol–water partition coefficient (Wildman–Crippen LogP) is 3.84. The summed E-state index contributed by atoms with van der Waals surface area (Å²) in [6, 6.07) is 7.17. The Kier molecular flexibility index (Phi) is 5.71. The highest BCUT2D eigenvalue weighted by Gasteiger charge is 2.21. The van der Waals surface area contributed by atoms with Gasteiger partial charge in [-0.1, -0.05) is 25.7 Å². The molecule has 1 heterocycles. The van der Waals surface area contributed by atoms with Crippen molar-refractivity contribution >= 4 is 17.5 Å². The van der Waals surface area contributed by atoms with Gasteiger partial charge in [0.25, 0.3) is 0 Å². The number of carbonyl (C=O) groups excluding carboxylic acids is 2. The highest BCUT2D eigenvalue weighted by Crippen LogP contribution is 2.22. The molecule has 0 saturated heterocycles. The normalized spacial score (nSPS) is 15.3. The first-order chi connectivity index (χ1) is 12.6. The van der Waals surface area contributed by atoms with Gasteiger partial charge >= 0.3 is 6.03 Å². The first kappa shape index (κ1) is 18.2. The Balaban J connectivity index is 1.62. The number of hydrogen-bond donors (Lipinski definition) is 1. The lowest BCUT2D eigenvalue weighted by atomic mass is 10.1. The van der Waals surface area contributed by atoms with Crippen LogP contribution in [0.1, 0.15) is 54.7 Å². The lowest BCUT2D eigenvalue weighted by molar-refractivity contribution is 0.102. The Morgan fingerprint density at radius 1 is 1.12 bits per heavy atom. The van der Waals surface area contributed by atoms with E-state index in [-0.39, 0.29) is 11.8 Å². The number of carbonyl (C=O) groups is 2. The van der Waals surface area contributed by atoms with E-state index in [4.69, 9.17) is 0 Å². The standard InChI is InChI=1S/C20H26N4O2/c1-23-14-13-21-19(23)18(25)15-9-11-16(12-10-15)22-20(26)24(2)17-7-5-3-4-6-8-17/h9-14,17H,3-8H2,1-2H3,(H,22,26). The van der Waals surface area contributed by atoms with E-state index in [9.17, 15) is 9.59 Å². The average molecular weight is 354 g/mol. The number of anilines is 1. The van der Waals surface area contributed by atoms with Gasteiger partial charge in [-0.05, 0) is 37.1 Å². The largest absolute Gasteiger partial charge is 0.331 e. The van der Waals surface area contributed by atoms with E-state index in [1.165, 1.54) is 25.7 Å². The van der Waals surface area contributed by atoms with Crippen LogP contribution in [-0.2, 0) is 7.05 Å². The van der Waals surface area contributed by atoms with Crippen molar-refractivity contribution in [2.75, 3.05) is 12.4 Å². The van der Waals surface area contributed by atoms with E-state index in [1.54, 1.807) is 48.3 Å². The van der Waals surface area contributed by atoms with Crippen molar-refractivity contribution in [3.8, 4) is 0 Å². The van der Waals surface area contributed by atoms with Gasteiger partial charge in [0.15, 0.2) is 5.82 Å². The number of aromatic nitrogens is 2. The van der Waals surface area contributed by atoms with Crippen LogP contribution in [0.4, 0.5) is 10.5 Å². The van der Waals surface area contributed by atoms with Crippen molar-refractivity contribution in [3.63, 3.8) is 0 Å². The number of amides is 2. The van der Waals surface area contributed by atoms with Crippen LogP contribution < -0.4 is 5.32 Å². The van der Waals surface area contributed by atoms with Crippen molar-refractivity contribution in [1.82, 2.24) is 14.5 Å². The van der Waals surface area contributed by atoms with Gasteiger partial charge in [-0.2, -0.15) is 0 Å². The van der Waals surface area contributed by atoms with E-state index in [1.807, 2.05) is 11.9 Å². The smallest absolute Gasteiger partial charge is 0.321 e. The van der Waals surface area contributed by atoms with Gasteiger partial charge in [0, 0.05) is 43.8 Å². The molecule has 1 aliphatic carbocycles. The molecule has 0 spiro atoms. The van der Waals surface area contributed by atoms with E-state index in [0.717, 1.165) is 12.8 Å². The first-order valence-corrected chi connectivity index (χ1v) is 9.22. The summed E-state index contributed by atoms with van der Waals surface area (Å²) in [5.74, 6) is 0.265. The molecule has 1 aliphatic rings. The van der Waals surface area contributed by atoms with Crippen LogP contribution in [-0.4, -0.2) is 39.4 Å². The lowest BCUT2D eigenvalue weighted by Crippen LogP contribution is -2.39. The van der Waals surface area contributed by atoms with Crippen molar-refractivity contribution < 1.29 is 9.59 Å². The molecule has 3 rings (SSSR count). The minimum absolute atomic E-state index is 0.0972. The van der Waals surface area contributed by atoms with Crippen molar-refractivity contribution in [2.45, 2.75) is 44.6 Å². The van der Waals surface area contributed by atoms with Crippen LogP contribution in [0.25, 0.3) is 0 Å². The zero-order valence-corrected chi connectivity index (χ0v) is 15.4. The minimum atomic E-state index is -0.133. The molecule has 0 unspecified atom stereocenters. The zero-order valence-electron chi connectivity index (χ0n) is 15.4. The van der Waals surface area contributed by atoms with Gasteiger partial charge in [-0.25, -0.2) is 9.78 Å². The van der Waals surface area contributed by atoms with E-state index in [0.29, 0.717) is 23.1 Å². The van der Waals surface area contributed by atoms with Gasteiger partial charge < -0.3 is 14.8 Å². The summed E-state index contributed by atoms with van der Waals surface area (Å²) in [7, 11) is 3.66. The monoisotopic (exact) mass is 354 g/mol. The number of rotatable bonds is 4. The van der Waals surface area contributed by atoms with Gasteiger partial charge in [0.2, 0.25) is 5.78 Å². The molecule has 1 fully saturated rings. The average Bonchev–Trinajstić information content (AvgIpc) is 2.91. The summed E-state index contributed by atoms with van der Waals surface area (Å²) < 4.78 is 1.69. The summed E-state index contributed by atoms with van der Waals surface area (Å²) in [6.07, 6.45) is 10.4. The molecule has 6 nitrogen and oxygen atoms in total. The van der Waals surface area contributed by atoms with Crippen molar-refractivity contribution in [3.05, 3.63) is 48.0 Å². The molecule has 0 radical (unpaired) electrons. The SMILES string of the molecule is CN(C(=O)Nc1ccc(C(=O)c2nccn2C)cc1)C1CCCCCC1. The maximum Gasteiger partial charge on any atom is 0.321 e. The molecule has 1 saturated carbocycles. The number of benzene rings is 1. The van der Waals surface area contributed by atoms with Gasteiger partial charge in [0.1, 0.15) is 0 Å². The van der Waals surface area contributed by atoms with Crippen LogP contribution in [0.3, 0.4) is 0 Å². The fourth-order valence-corrected chi connectivity index (χ4v) is 3.44. The lowest BCUT2D eigenvalue weighted by Gasteiger charge is -2.27. The summed E-state index contributed by atoms with van der Waals surface area (Å²) >= 11 is 0. The zero-order chi connectivity index (χ0) is 18.5. The molecule has 0 atom stereocenters. The molecule has 0 bridgehead atoms. The van der Waals surface area contributed by atoms with Gasteiger partial charge in [-0.15, -0.1) is 0 Å². The number of hydrogen-bond acceptors (Lipinski definition) is 3. The fraction of sp³-hybridized carbons (Fsp3) is 0.450. The number of nitrogens with one attached hydrogen (secondary N) is 1. The number of nitrogens with zero attached hydrogens (tertiary/aromatic N) is 3. The van der Waals surface area contributed by atoms with Crippen molar-refractivity contribution in [1.29, 1.82) is 0 Å². The molecule has 138 valence electrons. The van der Waals surface area contributed by atoms with Crippen LogP contribution in [0.5, 0.6) is 0 Å². The molecule has 1 aromatic carbocycles. The Bertz CT molecular complexity index is 758. The van der Waals surface area contributed by atoms with Crippen LogP contribution in [0.15, 0.2) is 36.7 Å². The van der Waals surface area contributed by atoms with E-state index in [2.05, 4.69) is 10.3 Å². The van der Waals surface area contributed by atoms with E-state index < -0.39 is 0 Å². The molecule has 2 amide bonds. The molecule has 6 heteroatoms. The summed E-state index contributed by atoms with van der Waals surface area (Å²) in [5, 5.41) is 2.93. The Labute approximate surface area is 154 Å². The van der Waals surface area contributed by atoms with Crippen LogP contribution in [0, 0.1) is 0 Å². The second-order valence-corrected chi connectivity index (χ2v) is 6.95. The second kappa shape index (κ2) is 8.17. The van der Waals surface area contributed by atoms with Crippen LogP contribution in [0.2, 0.25) is 0 Å². The minimum Gasteiger partial charge on any atom is -0.331 e. The molecular formula is C20H26N4O2. The Hall–Kier alpha value is -2.63. The summed E-state index contributed by atoms with van der Waals surface area (Å²) in [4.78, 5) is 30.8. The molecule has 1 aromatic heterocycles. The third-order valence-corrected chi connectivity index (χ3v) is 5.12. The number of aryl methyl sites for hydroxylation is 1. The highest BCUT2D eigenvalue weighted by molar-refractivity contribution is 6.07. The van der Waals surface area contributed by atoms with Gasteiger partial charge in [-0.3, -0.25) is 4.79 Å². The first-order valence-electron chi connectivity index (χ1n) is 9.22. The van der Waals surface area contributed by atoms with Crippen molar-refractivity contribution in [2.24, 2.45) is 7.05 Å². The Morgan fingerprint density at radius 3 is 2.35 bits per heavy atom. The maximum atomic E-state index is 12.5. The molecule has 0 aliphatic heterocycles. The fourth-order valence-electron chi connectivity index (χ4n) is 3.44. The topological polar surface area (TPSA) is 67.2 Å². The number of ketones is 1. The number of imidazole rings is 1. The maximum absolute atomic E-state index is 12.5. The van der Waals surface area contributed by atoms with E-state index >= 15 is 0 Å². The van der Waals surface area contributed by atoms with Crippen LogP contribution >= 0.6 is 0 Å². The quantitative estimate of drug-likeness (QED) is 0.670. The molecule has 26 heavy (non-hydrogen) atoms. The van der Waals surface area contributed by atoms with Gasteiger partial charge in [0.05, 0.1) is 0 Å². The number of urea groups is 1. The summed E-state index contributed by atoms with van der Waals surface area (Å²) in [5.41, 5.74) is 1.24.